The molecule has 1 aromatic carbocycles. The number of aromatic nitrogens is 1. The zero-order valence-electron chi connectivity index (χ0n) is 11.1. The number of benzene rings is 1. The molecule has 3 rings (SSSR count). The van der Waals surface area contributed by atoms with Gasteiger partial charge in [0.15, 0.2) is 0 Å². The van der Waals surface area contributed by atoms with Crippen LogP contribution in [0, 0.1) is 0 Å². The molecule has 1 aliphatic rings. The van der Waals surface area contributed by atoms with Gasteiger partial charge in [0.05, 0.1) is 0 Å². The molecule has 0 bridgehead atoms. The summed E-state index contributed by atoms with van der Waals surface area (Å²) in [5.74, 6) is 0.973. The maximum atomic E-state index is 11.6. The van der Waals surface area contributed by atoms with Crippen LogP contribution in [-0.4, -0.2) is 28.6 Å². The number of nitrogens with one attached hydrogen (secondary N) is 2. The summed E-state index contributed by atoms with van der Waals surface area (Å²) in [5, 5.41) is 17.5. The average Bonchev–Trinajstić information content (AvgIpc) is 3.23. The number of phenolic OH excluding ortho intramolecular Hbond substituents is 1. The highest BCUT2D eigenvalue weighted by Crippen LogP contribution is 2.25. The van der Waals surface area contributed by atoms with E-state index in [9.17, 15) is 9.90 Å². The van der Waals surface area contributed by atoms with Crippen LogP contribution in [0.25, 0.3) is 10.8 Å². The Labute approximate surface area is 117 Å². The highest BCUT2D eigenvalue weighted by Gasteiger charge is 2.22. The lowest BCUT2D eigenvalue weighted by Gasteiger charge is -2.09. The second-order valence-corrected chi connectivity index (χ2v) is 5.08. The number of aromatic hydroxyl groups is 1. The quantitative estimate of drug-likeness (QED) is 0.778. The molecule has 1 fully saturated rings. The van der Waals surface area contributed by atoms with Crippen LogP contribution in [0.1, 0.15) is 19.3 Å². The lowest BCUT2D eigenvalue weighted by Crippen LogP contribution is -2.27. The Morgan fingerprint density at radius 1 is 1.35 bits per heavy atom. The zero-order chi connectivity index (χ0) is 13.9. The molecule has 5 nitrogen and oxygen atoms in total. The van der Waals surface area contributed by atoms with Crippen molar-refractivity contribution in [3.63, 3.8) is 0 Å². The number of hydrogen-bond acceptors (Lipinski definition) is 4. The summed E-state index contributed by atoms with van der Waals surface area (Å²) >= 11 is 0. The number of amides is 1. The summed E-state index contributed by atoms with van der Waals surface area (Å²) in [6, 6.07) is 7.46. The molecule has 5 heteroatoms. The van der Waals surface area contributed by atoms with Crippen molar-refractivity contribution in [2.45, 2.75) is 25.3 Å². The van der Waals surface area contributed by atoms with E-state index in [1.165, 1.54) is 0 Å². The standard InChI is InChI=1S/C15H17N3O2/c19-12-4-1-10-5-7-16-15(13(10)9-12)17-8-6-14(20)18-11-2-3-11/h1,4-5,7,9,11,19H,2-3,6,8H2,(H,16,17)(H,18,20). The minimum atomic E-state index is 0.0723. The number of pyridine rings is 1. The van der Waals surface area contributed by atoms with Crippen molar-refractivity contribution in [1.82, 2.24) is 10.3 Å². The molecular weight excluding hydrogens is 254 g/mol. The summed E-state index contributed by atoms with van der Waals surface area (Å²) in [6.45, 7) is 0.528. The summed E-state index contributed by atoms with van der Waals surface area (Å²) in [7, 11) is 0. The molecule has 0 saturated heterocycles. The number of anilines is 1. The number of phenols is 1. The van der Waals surface area contributed by atoms with Gasteiger partial charge in [0.25, 0.3) is 0 Å². The fourth-order valence-electron chi connectivity index (χ4n) is 2.12. The van der Waals surface area contributed by atoms with Gasteiger partial charge in [-0.05, 0) is 36.4 Å². The van der Waals surface area contributed by atoms with Crippen LogP contribution in [0.5, 0.6) is 5.75 Å². The first-order valence-electron chi connectivity index (χ1n) is 6.83. The Balaban J connectivity index is 1.64. The van der Waals surface area contributed by atoms with Gasteiger partial charge in [-0.15, -0.1) is 0 Å². The molecule has 1 saturated carbocycles. The Morgan fingerprint density at radius 3 is 3.00 bits per heavy atom. The molecule has 1 aromatic heterocycles. The van der Waals surface area contributed by atoms with Crippen molar-refractivity contribution in [2.24, 2.45) is 0 Å². The average molecular weight is 271 g/mol. The van der Waals surface area contributed by atoms with Crippen molar-refractivity contribution in [1.29, 1.82) is 0 Å². The molecular formula is C15H17N3O2. The van der Waals surface area contributed by atoms with Gasteiger partial charge < -0.3 is 15.7 Å². The van der Waals surface area contributed by atoms with Crippen LogP contribution in [0.4, 0.5) is 5.82 Å². The molecule has 0 atom stereocenters. The van der Waals surface area contributed by atoms with E-state index in [4.69, 9.17) is 0 Å². The van der Waals surface area contributed by atoms with E-state index in [0.717, 1.165) is 23.6 Å². The van der Waals surface area contributed by atoms with Crippen molar-refractivity contribution in [3.05, 3.63) is 30.5 Å². The van der Waals surface area contributed by atoms with Crippen LogP contribution in [0.3, 0.4) is 0 Å². The first-order chi connectivity index (χ1) is 9.72. The number of hydrogen-bond donors (Lipinski definition) is 3. The third-order valence-electron chi connectivity index (χ3n) is 3.34. The third kappa shape index (κ3) is 2.99. The fraction of sp³-hybridized carbons (Fsp3) is 0.333. The van der Waals surface area contributed by atoms with Gasteiger partial charge in [-0.3, -0.25) is 4.79 Å². The molecule has 0 spiro atoms. The maximum Gasteiger partial charge on any atom is 0.221 e. The second-order valence-electron chi connectivity index (χ2n) is 5.08. The summed E-state index contributed by atoms with van der Waals surface area (Å²) in [6.07, 6.45) is 4.34. The fourth-order valence-corrected chi connectivity index (χ4v) is 2.12. The minimum Gasteiger partial charge on any atom is -0.508 e. The van der Waals surface area contributed by atoms with Crippen LogP contribution in [0.15, 0.2) is 30.5 Å². The number of nitrogens with zero attached hydrogens (tertiary/aromatic N) is 1. The van der Waals surface area contributed by atoms with Crippen molar-refractivity contribution >= 4 is 22.5 Å². The highest BCUT2D eigenvalue weighted by atomic mass is 16.3. The Bertz CT molecular complexity index is 638. The normalized spacial score (nSPS) is 14.2. The summed E-state index contributed by atoms with van der Waals surface area (Å²) < 4.78 is 0. The van der Waals surface area contributed by atoms with E-state index in [-0.39, 0.29) is 11.7 Å². The number of fused-ring (bicyclic) bond motifs is 1. The molecule has 20 heavy (non-hydrogen) atoms. The number of carbonyl (C=O) groups is 1. The first-order valence-corrected chi connectivity index (χ1v) is 6.83. The maximum absolute atomic E-state index is 11.6. The smallest absolute Gasteiger partial charge is 0.221 e. The van der Waals surface area contributed by atoms with Crippen molar-refractivity contribution < 1.29 is 9.90 Å². The van der Waals surface area contributed by atoms with Crippen LogP contribution in [-0.2, 0) is 4.79 Å². The van der Waals surface area contributed by atoms with Crippen molar-refractivity contribution in [2.75, 3.05) is 11.9 Å². The number of carbonyl (C=O) groups excluding carboxylic acids is 1. The highest BCUT2D eigenvalue weighted by molar-refractivity contribution is 5.92. The van der Waals surface area contributed by atoms with E-state index in [2.05, 4.69) is 15.6 Å². The van der Waals surface area contributed by atoms with E-state index in [1.807, 2.05) is 12.1 Å². The molecule has 3 N–H and O–H groups in total. The van der Waals surface area contributed by atoms with Gasteiger partial charge in [0.1, 0.15) is 11.6 Å². The Morgan fingerprint density at radius 2 is 2.20 bits per heavy atom. The number of rotatable bonds is 5. The van der Waals surface area contributed by atoms with Crippen LogP contribution < -0.4 is 10.6 Å². The lowest BCUT2D eigenvalue weighted by atomic mass is 10.1. The zero-order valence-corrected chi connectivity index (χ0v) is 11.1. The Kier molecular flexibility index (Phi) is 3.41. The monoisotopic (exact) mass is 271 g/mol. The van der Waals surface area contributed by atoms with Gasteiger partial charge in [0, 0.05) is 30.6 Å². The van der Waals surface area contributed by atoms with Crippen molar-refractivity contribution in [3.8, 4) is 5.75 Å². The molecule has 1 amide bonds. The van der Waals surface area contributed by atoms with E-state index >= 15 is 0 Å². The van der Waals surface area contributed by atoms with Gasteiger partial charge in [-0.1, -0.05) is 6.07 Å². The second kappa shape index (κ2) is 5.36. The van der Waals surface area contributed by atoms with Gasteiger partial charge >= 0.3 is 0 Å². The van der Waals surface area contributed by atoms with E-state index in [0.29, 0.717) is 24.8 Å². The third-order valence-corrected chi connectivity index (χ3v) is 3.34. The Hall–Kier alpha value is -2.30. The predicted octanol–water partition coefficient (Wildman–Crippen LogP) is 2.02. The SMILES string of the molecule is O=C(CCNc1nccc2ccc(O)cc12)NC1CC1. The largest absolute Gasteiger partial charge is 0.508 e. The molecule has 2 aromatic rings. The predicted molar refractivity (Wildman–Crippen MR) is 77.7 cm³/mol. The topological polar surface area (TPSA) is 74.2 Å². The van der Waals surface area contributed by atoms with Gasteiger partial charge in [-0.2, -0.15) is 0 Å². The van der Waals surface area contributed by atoms with Gasteiger partial charge in [0.2, 0.25) is 5.91 Å². The first kappa shape index (κ1) is 12.7. The van der Waals surface area contributed by atoms with E-state index in [1.54, 1.807) is 18.3 Å². The van der Waals surface area contributed by atoms with E-state index < -0.39 is 0 Å². The van der Waals surface area contributed by atoms with Crippen LogP contribution >= 0.6 is 0 Å². The molecule has 0 radical (unpaired) electrons. The molecule has 1 heterocycles. The molecule has 104 valence electrons. The van der Waals surface area contributed by atoms with Crippen LogP contribution in [0.2, 0.25) is 0 Å². The molecule has 0 aliphatic heterocycles. The summed E-state index contributed by atoms with van der Waals surface area (Å²) in [5.41, 5.74) is 0. The van der Waals surface area contributed by atoms with Gasteiger partial charge in [-0.25, -0.2) is 4.98 Å². The lowest BCUT2D eigenvalue weighted by molar-refractivity contribution is -0.120. The molecule has 0 unspecified atom stereocenters. The summed E-state index contributed by atoms with van der Waals surface area (Å²) in [4.78, 5) is 15.9. The minimum absolute atomic E-state index is 0.0723. The molecule has 1 aliphatic carbocycles.